The first-order valence-electron chi connectivity index (χ1n) is 6.87. The molecule has 0 unspecified atom stereocenters. The highest BCUT2D eigenvalue weighted by Crippen LogP contribution is 2.13. The molecule has 5 heteroatoms. The molecule has 0 aliphatic rings. The van der Waals surface area contributed by atoms with E-state index in [0.717, 1.165) is 22.4 Å². The van der Waals surface area contributed by atoms with Gasteiger partial charge in [-0.15, -0.1) is 0 Å². The van der Waals surface area contributed by atoms with Gasteiger partial charge in [-0.3, -0.25) is 4.79 Å². The molecule has 0 fully saturated rings. The van der Waals surface area contributed by atoms with E-state index in [1.54, 1.807) is 6.20 Å². The Bertz CT molecular complexity index is 746. The third-order valence-electron chi connectivity index (χ3n) is 3.29. The Morgan fingerprint density at radius 1 is 1.24 bits per heavy atom. The van der Waals surface area contributed by atoms with Crippen molar-refractivity contribution in [3.63, 3.8) is 0 Å². The number of para-hydroxylation sites is 2. The lowest BCUT2D eigenvalue weighted by atomic mass is 10.2. The van der Waals surface area contributed by atoms with Crippen LogP contribution in [0.5, 0.6) is 0 Å². The molecule has 106 valence electrons. The minimum absolute atomic E-state index is 0.0581. The molecule has 1 amide bonds. The second kappa shape index (κ2) is 5.75. The fraction of sp³-hybridized carbons (Fsp3) is 0.188. The van der Waals surface area contributed by atoms with E-state index in [1.807, 2.05) is 43.3 Å². The van der Waals surface area contributed by atoms with Crippen LogP contribution in [0.1, 0.15) is 17.8 Å². The first kappa shape index (κ1) is 13.3. The molecule has 3 rings (SSSR count). The van der Waals surface area contributed by atoms with Crippen LogP contribution in [-0.4, -0.2) is 20.9 Å². The zero-order valence-corrected chi connectivity index (χ0v) is 11.8. The Morgan fingerprint density at radius 2 is 2.10 bits per heavy atom. The molecular weight excluding hydrogens is 264 g/mol. The van der Waals surface area contributed by atoms with Gasteiger partial charge in [0, 0.05) is 19.0 Å². The van der Waals surface area contributed by atoms with E-state index >= 15 is 0 Å². The van der Waals surface area contributed by atoms with Gasteiger partial charge in [0.25, 0.3) is 0 Å². The molecule has 2 heterocycles. The van der Waals surface area contributed by atoms with Crippen LogP contribution in [0.3, 0.4) is 0 Å². The third-order valence-corrected chi connectivity index (χ3v) is 3.29. The predicted octanol–water partition coefficient (Wildman–Crippen LogP) is 2.84. The van der Waals surface area contributed by atoms with Crippen LogP contribution >= 0.6 is 0 Å². The fourth-order valence-corrected chi connectivity index (χ4v) is 2.17. The van der Waals surface area contributed by atoms with Crippen LogP contribution < -0.4 is 5.32 Å². The maximum absolute atomic E-state index is 12.0. The number of aromatic nitrogens is 3. The number of nitrogens with zero attached hydrogens (tertiary/aromatic N) is 2. The number of fused-ring (bicyclic) bond motifs is 1. The van der Waals surface area contributed by atoms with Gasteiger partial charge in [-0.2, -0.15) is 0 Å². The second-order valence-electron chi connectivity index (χ2n) is 4.92. The van der Waals surface area contributed by atoms with Crippen molar-refractivity contribution in [3.05, 3.63) is 54.0 Å². The maximum Gasteiger partial charge on any atom is 0.225 e. The topological polar surface area (TPSA) is 70.7 Å². The molecule has 0 bridgehead atoms. The van der Waals surface area contributed by atoms with Crippen LogP contribution in [-0.2, 0) is 11.2 Å². The summed E-state index contributed by atoms with van der Waals surface area (Å²) in [6.07, 6.45) is 2.62. The number of carbonyl (C=O) groups excluding carboxylic acids is 1. The van der Waals surface area contributed by atoms with E-state index < -0.39 is 0 Å². The SMILES string of the molecule is Cc1cccnc1NC(=O)CCc1nc2ccccc2[nH]1. The van der Waals surface area contributed by atoms with Crippen molar-refractivity contribution in [2.45, 2.75) is 19.8 Å². The van der Waals surface area contributed by atoms with E-state index in [2.05, 4.69) is 20.3 Å². The summed E-state index contributed by atoms with van der Waals surface area (Å²) in [5.74, 6) is 1.38. The van der Waals surface area contributed by atoms with Crippen molar-refractivity contribution < 1.29 is 4.79 Å². The molecule has 2 N–H and O–H groups in total. The number of aryl methyl sites for hydroxylation is 2. The maximum atomic E-state index is 12.0. The summed E-state index contributed by atoms with van der Waals surface area (Å²) < 4.78 is 0. The van der Waals surface area contributed by atoms with Gasteiger partial charge in [0.2, 0.25) is 5.91 Å². The van der Waals surface area contributed by atoms with Crippen LogP contribution in [0.25, 0.3) is 11.0 Å². The molecule has 0 aliphatic heterocycles. The molecule has 21 heavy (non-hydrogen) atoms. The number of anilines is 1. The summed E-state index contributed by atoms with van der Waals surface area (Å²) in [6, 6.07) is 11.6. The predicted molar refractivity (Wildman–Crippen MR) is 82.0 cm³/mol. The standard InChI is InChI=1S/C16H16N4O/c1-11-5-4-10-17-16(11)20-15(21)9-8-14-18-12-6-2-3-7-13(12)19-14/h2-7,10H,8-9H2,1H3,(H,18,19)(H,17,20,21). The molecule has 5 nitrogen and oxygen atoms in total. The smallest absolute Gasteiger partial charge is 0.225 e. The fourth-order valence-electron chi connectivity index (χ4n) is 2.17. The molecule has 0 spiro atoms. The zero-order chi connectivity index (χ0) is 14.7. The van der Waals surface area contributed by atoms with Crippen molar-refractivity contribution in [3.8, 4) is 0 Å². The average molecular weight is 280 g/mol. The highest BCUT2D eigenvalue weighted by atomic mass is 16.1. The molecular formula is C16H16N4O. The van der Waals surface area contributed by atoms with E-state index in [-0.39, 0.29) is 5.91 Å². The summed E-state index contributed by atoms with van der Waals surface area (Å²) in [7, 11) is 0. The first-order valence-corrected chi connectivity index (χ1v) is 6.87. The normalized spacial score (nSPS) is 10.7. The van der Waals surface area contributed by atoms with Gasteiger partial charge in [-0.1, -0.05) is 18.2 Å². The lowest BCUT2D eigenvalue weighted by Crippen LogP contribution is -2.14. The van der Waals surface area contributed by atoms with Crippen molar-refractivity contribution in [2.24, 2.45) is 0 Å². The van der Waals surface area contributed by atoms with Gasteiger partial charge >= 0.3 is 0 Å². The molecule has 0 atom stereocenters. The highest BCUT2D eigenvalue weighted by molar-refractivity contribution is 5.90. The number of benzene rings is 1. The quantitative estimate of drug-likeness (QED) is 0.772. The number of imidazole rings is 1. The number of rotatable bonds is 4. The van der Waals surface area contributed by atoms with Gasteiger partial charge < -0.3 is 10.3 Å². The summed E-state index contributed by atoms with van der Waals surface area (Å²) in [5.41, 5.74) is 2.87. The Kier molecular flexibility index (Phi) is 3.64. The molecule has 1 aromatic carbocycles. The van der Waals surface area contributed by atoms with Crippen molar-refractivity contribution >= 4 is 22.8 Å². The Hall–Kier alpha value is -2.69. The zero-order valence-electron chi connectivity index (χ0n) is 11.8. The van der Waals surface area contributed by atoms with Gasteiger partial charge in [0.15, 0.2) is 0 Å². The van der Waals surface area contributed by atoms with E-state index in [0.29, 0.717) is 18.7 Å². The van der Waals surface area contributed by atoms with E-state index in [1.165, 1.54) is 0 Å². The molecule has 3 aromatic rings. The van der Waals surface area contributed by atoms with Gasteiger partial charge in [0.05, 0.1) is 11.0 Å². The highest BCUT2D eigenvalue weighted by Gasteiger charge is 2.08. The second-order valence-corrected chi connectivity index (χ2v) is 4.92. The van der Waals surface area contributed by atoms with Crippen LogP contribution in [0.4, 0.5) is 5.82 Å². The number of pyridine rings is 1. The van der Waals surface area contributed by atoms with Crippen molar-refractivity contribution in [1.82, 2.24) is 15.0 Å². The molecule has 0 aliphatic carbocycles. The lowest BCUT2D eigenvalue weighted by molar-refractivity contribution is -0.116. The van der Waals surface area contributed by atoms with Crippen molar-refractivity contribution in [1.29, 1.82) is 0 Å². The minimum atomic E-state index is -0.0581. The number of carbonyl (C=O) groups is 1. The van der Waals surface area contributed by atoms with Crippen LogP contribution in [0.2, 0.25) is 0 Å². The van der Waals surface area contributed by atoms with E-state index in [4.69, 9.17) is 0 Å². The molecule has 0 saturated heterocycles. The summed E-state index contributed by atoms with van der Waals surface area (Å²) in [5, 5.41) is 2.82. The monoisotopic (exact) mass is 280 g/mol. The Balaban J connectivity index is 1.62. The van der Waals surface area contributed by atoms with Crippen LogP contribution in [0, 0.1) is 6.92 Å². The molecule has 0 saturated carbocycles. The summed E-state index contributed by atoms with van der Waals surface area (Å²) >= 11 is 0. The number of H-pyrrole nitrogens is 1. The molecule has 2 aromatic heterocycles. The number of hydrogen-bond donors (Lipinski definition) is 2. The average Bonchev–Trinajstić information content (AvgIpc) is 2.90. The van der Waals surface area contributed by atoms with Gasteiger partial charge in [-0.25, -0.2) is 9.97 Å². The van der Waals surface area contributed by atoms with Gasteiger partial charge in [0.1, 0.15) is 11.6 Å². The van der Waals surface area contributed by atoms with Gasteiger partial charge in [-0.05, 0) is 30.7 Å². The van der Waals surface area contributed by atoms with E-state index in [9.17, 15) is 4.79 Å². The largest absolute Gasteiger partial charge is 0.342 e. The van der Waals surface area contributed by atoms with Crippen molar-refractivity contribution in [2.75, 3.05) is 5.32 Å². The minimum Gasteiger partial charge on any atom is -0.342 e. The summed E-state index contributed by atoms with van der Waals surface area (Å²) in [6.45, 7) is 1.92. The molecule has 0 radical (unpaired) electrons. The first-order chi connectivity index (χ1) is 10.2. The Labute approximate surface area is 122 Å². The number of amides is 1. The number of aromatic amines is 1. The third kappa shape index (κ3) is 3.08. The van der Waals surface area contributed by atoms with Crippen LogP contribution in [0.15, 0.2) is 42.6 Å². The lowest BCUT2D eigenvalue weighted by Gasteiger charge is -2.05. The summed E-state index contributed by atoms with van der Waals surface area (Å²) in [4.78, 5) is 23.8. The Morgan fingerprint density at radius 3 is 2.90 bits per heavy atom. The number of hydrogen-bond acceptors (Lipinski definition) is 3. The number of nitrogens with one attached hydrogen (secondary N) is 2.